The van der Waals surface area contributed by atoms with Crippen LogP contribution < -0.4 is 15.0 Å². The van der Waals surface area contributed by atoms with Crippen molar-refractivity contribution < 1.29 is 28.2 Å². The van der Waals surface area contributed by atoms with Crippen molar-refractivity contribution >= 4 is 29.2 Å². The average molecular weight is 400 g/mol. The monoisotopic (exact) mass is 400 g/mol. The highest BCUT2D eigenvalue weighted by molar-refractivity contribution is 6.00. The van der Waals surface area contributed by atoms with Gasteiger partial charge in [0.2, 0.25) is 5.91 Å². The van der Waals surface area contributed by atoms with Crippen molar-refractivity contribution in [3.8, 4) is 5.75 Å². The standard InChI is InChI=1S/C21H21FN2O5/c1-2-28-16-9-7-15(8-10-16)24-12-14(11-20(24)26)21(27)29-13-19(25)23-18-6-4-3-5-17(18)22/h3-10,14H,2,11-13H2,1H3,(H,23,25). The van der Waals surface area contributed by atoms with E-state index < -0.39 is 30.2 Å². The molecule has 0 radical (unpaired) electrons. The van der Waals surface area contributed by atoms with E-state index in [4.69, 9.17) is 9.47 Å². The molecular weight excluding hydrogens is 379 g/mol. The first-order valence-corrected chi connectivity index (χ1v) is 9.22. The van der Waals surface area contributed by atoms with Gasteiger partial charge in [-0.2, -0.15) is 0 Å². The van der Waals surface area contributed by atoms with Gasteiger partial charge >= 0.3 is 5.97 Å². The first-order chi connectivity index (χ1) is 14.0. The number of nitrogens with one attached hydrogen (secondary N) is 1. The van der Waals surface area contributed by atoms with Crippen molar-refractivity contribution in [1.82, 2.24) is 0 Å². The van der Waals surface area contributed by atoms with Gasteiger partial charge < -0.3 is 19.7 Å². The smallest absolute Gasteiger partial charge is 0.311 e. The molecule has 1 atom stereocenters. The Morgan fingerprint density at radius 3 is 2.59 bits per heavy atom. The Hall–Kier alpha value is -3.42. The second kappa shape index (κ2) is 9.18. The van der Waals surface area contributed by atoms with Gasteiger partial charge in [0.15, 0.2) is 6.61 Å². The second-order valence-electron chi connectivity index (χ2n) is 6.47. The number of benzene rings is 2. The maximum absolute atomic E-state index is 13.5. The van der Waals surface area contributed by atoms with Crippen molar-refractivity contribution in [2.45, 2.75) is 13.3 Å². The molecule has 1 aliphatic rings. The van der Waals surface area contributed by atoms with Gasteiger partial charge in [-0.25, -0.2) is 4.39 Å². The maximum Gasteiger partial charge on any atom is 0.311 e. The van der Waals surface area contributed by atoms with Crippen LogP contribution in [0.15, 0.2) is 48.5 Å². The van der Waals surface area contributed by atoms with Crippen molar-refractivity contribution in [3.63, 3.8) is 0 Å². The number of para-hydroxylation sites is 1. The Labute approximate surface area is 167 Å². The molecule has 1 aliphatic heterocycles. The molecule has 0 saturated carbocycles. The summed E-state index contributed by atoms with van der Waals surface area (Å²) in [6, 6.07) is 12.7. The molecule has 8 heteroatoms. The predicted molar refractivity (Wildman–Crippen MR) is 104 cm³/mol. The minimum atomic E-state index is -0.671. The molecule has 7 nitrogen and oxygen atoms in total. The van der Waals surface area contributed by atoms with Gasteiger partial charge in [-0.3, -0.25) is 14.4 Å². The van der Waals surface area contributed by atoms with E-state index in [9.17, 15) is 18.8 Å². The number of esters is 1. The zero-order chi connectivity index (χ0) is 20.8. The number of carbonyl (C=O) groups is 3. The molecule has 2 aromatic rings. The van der Waals surface area contributed by atoms with Crippen molar-refractivity contribution in [3.05, 3.63) is 54.3 Å². The zero-order valence-corrected chi connectivity index (χ0v) is 15.9. The molecule has 0 bridgehead atoms. The summed E-state index contributed by atoms with van der Waals surface area (Å²) in [6.07, 6.45) is 0.000969. The van der Waals surface area contributed by atoms with E-state index in [1.165, 1.54) is 23.1 Å². The summed E-state index contributed by atoms with van der Waals surface area (Å²) < 4.78 is 23.9. The molecule has 152 valence electrons. The highest BCUT2D eigenvalue weighted by atomic mass is 19.1. The Kier molecular flexibility index (Phi) is 6.43. The Bertz CT molecular complexity index is 900. The topological polar surface area (TPSA) is 84.9 Å². The highest BCUT2D eigenvalue weighted by Gasteiger charge is 2.36. The van der Waals surface area contributed by atoms with Gasteiger partial charge in [0.05, 0.1) is 18.2 Å². The summed E-state index contributed by atoms with van der Waals surface area (Å²) in [5, 5.41) is 2.33. The van der Waals surface area contributed by atoms with Crippen molar-refractivity contribution in [2.24, 2.45) is 5.92 Å². The third-order valence-electron chi connectivity index (χ3n) is 4.41. The van der Waals surface area contributed by atoms with Crippen LogP contribution in [0.2, 0.25) is 0 Å². The summed E-state index contributed by atoms with van der Waals surface area (Å²) in [4.78, 5) is 37.9. The molecule has 1 heterocycles. The minimum Gasteiger partial charge on any atom is -0.494 e. The summed E-state index contributed by atoms with van der Waals surface area (Å²) in [5.74, 6) is -2.06. The molecule has 29 heavy (non-hydrogen) atoms. The molecule has 2 amide bonds. The van der Waals surface area contributed by atoms with E-state index in [1.54, 1.807) is 30.3 Å². The lowest BCUT2D eigenvalue weighted by Gasteiger charge is -2.17. The predicted octanol–water partition coefficient (Wildman–Crippen LogP) is 2.76. The van der Waals surface area contributed by atoms with E-state index in [0.29, 0.717) is 18.0 Å². The van der Waals surface area contributed by atoms with E-state index in [0.717, 1.165) is 0 Å². The van der Waals surface area contributed by atoms with Gasteiger partial charge in [-0.05, 0) is 43.3 Å². The number of nitrogens with zero attached hydrogens (tertiary/aromatic N) is 1. The van der Waals surface area contributed by atoms with Gasteiger partial charge in [-0.1, -0.05) is 12.1 Å². The summed E-state index contributed by atoms with van der Waals surface area (Å²) in [7, 11) is 0. The lowest BCUT2D eigenvalue weighted by molar-refractivity contribution is -0.151. The molecule has 0 aliphatic carbocycles. The fourth-order valence-corrected chi connectivity index (χ4v) is 3.01. The Morgan fingerprint density at radius 2 is 1.90 bits per heavy atom. The molecule has 1 unspecified atom stereocenters. The van der Waals surface area contributed by atoms with Crippen LogP contribution in [0.3, 0.4) is 0 Å². The average Bonchev–Trinajstić information content (AvgIpc) is 3.10. The molecular formula is C21H21FN2O5. The Balaban J connectivity index is 1.52. The van der Waals surface area contributed by atoms with Crippen LogP contribution in [0.25, 0.3) is 0 Å². The lowest BCUT2D eigenvalue weighted by atomic mass is 10.1. The molecule has 2 aromatic carbocycles. The van der Waals surface area contributed by atoms with Crippen LogP contribution in [0, 0.1) is 11.7 Å². The van der Waals surface area contributed by atoms with E-state index >= 15 is 0 Å². The SMILES string of the molecule is CCOc1ccc(N2CC(C(=O)OCC(=O)Nc3ccccc3F)CC2=O)cc1. The number of anilines is 2. The summed E-state index contributed by atoms with van der Waals surface area (Å²) in [5.41, 5.74) is 0.664. The number of amides is 2. The van der Waals surface area contributed by atoms with Crippen LogP contribution in [0.5, 0.6) is 5.75 Å². The van der Waals surface area contributed by atoms with Gasteiger partial charge in [-0.15, -0.1) is 0 Å². The first kappa shape index (κ1) is 20.3. The first-order valence-electron chi connectivity index (χ1n) is 9.22. The molecule has 1 N–H and O–H groups in total. The second-order valence-corrected chi connectivity index (χ2v) is 6.47. The highest BCUT2D eigenvalue weighted by Crippen LogP contribution is 2.27. The van der Waals surface area contributed by atoms with Gasteiger partial charge in [0.25, 0.3) is 5.91 Å². The van der Waals surface area contributed by atoms with Crippen LogP contribution >= 0.6 is 0 Å². The number of hydrogen-bond donors (Lipinski definition) is 1. The molecule has 1 saturated heterocycles. The third kappa shape index (κ3) is 5.10. The third-order valence-corrected chi connectivity index (χ3v) is 4.41. The zero-order valence-electron chi connectivity index (χ0n) is 15.9. The molecule has 3 rings (SSSR count). The number of carbonyl (C=O) groups excluding carboxylic acids is 3. The van der Waals surface area contributed by atoms with Gasteiger partial charge in [0, 0.05) is 18.7 Å². The van der Waals surface area contributed by atoms with Crippen molar-refractivity contribution in [2.75, 3.05) is 30.0 Å². The number of rotatable bonds is 7. The van der Waals surface area contributed by atoms with Crippen LogP contribution in [0.1, 0.15) is 13.3 Å². The van der Waals surface area contributed by atoms with Crippen LogP contribution in [-0.2, 0) is 19.1 Å². The lowest BCUT2D eigenvalue weighted by Crippen LogP contribution is -2.28. The normalized spacial score (nSPS) is 15.9. The van der Waals surface area contributed by atoms with E-state index in [-0.39, 0.29) is 24.6 Å². The number of ether oxygens (including phenoxy) is 2. The van der Waals surface area contributed by atoms with E-state index in [2.05, 4.69) is 5.32 Å². The Morgan fingerprint density at radius 1 is 1.17 bits per heavy atom. The fourth-order valence-electron chi connectivity index (χ4n) is 3.01. The number of hydrogen-bond acceptors (Lipinski definition) is 5. The molecule has 1 fully saturated rings. The van der Waals surface area contributed by atoms with E-state index in [1.807, 2.05) is 6.92 Å². The molecule has 0 aromatic heterocycles. The quantitative estimate of drug-likeness (QED) is 0.723. The minimum absolute atomic E-state index is 0.000969. The number of halogens is 1. The summed E-state index contributed by atoms with van der Waals surface area (Å²) >= 11 is 0. The van der Waals surface area contributed by atoms with Crippen molar-refractivity contribution in [1.29, 1.82) is 0 Å². The van der Waals surface area contributed by atoms with Crippen LogP contribution in [-0.4, -0.2) is 37.5 Å². The summed E-state index contributed by atoms with van der Waals surface area (Å²) in [6.45, 7) is 2.03. The van der Waals surface area contributed by atoms with Crippen LogP contribution in [0.4, 0.5) is 15.8 Å². The van der Waals surface area contributed by atoms with Gasteiger partial charge in [0.1, 0.15) is 11.6 Å². The largest absolute Gasteiger partial charge is 0.494 e. The fraction of sp³-hybridized carbons (Fsp3) is 0.286. The maximum atomic E-state index is 13.5. The molecule has 0 spiro atoms.